The van der Waals surface area contributed by atoms with Crippen molar-refractivity contribution < 1.29 is 14.3 Å². The molecule has 7 nitrogen and oxygen atoms in total. The van der Waals surface area contributed by atoms with Crippen LogP contribution in [0.4, 0.5) is 4.79 Å². The molecule has 0 saturated carbocycles. The molecular weight excluding hydrogens is 404 g/mol. The number of nitrogens with zero attached hydrogens (tertiary/aromatic N) is 4. The van der Waals surface area contributed by atoms with Gasteiger partial charge in [-0.3, -0.25) is 9.67 Å². The molecule has 0 N–H and O–H groups in total. The Morgan fingerprint density at radius 1 is 1.25 bits per heavy atom. The van der Waals surface area contributed by atoms with Gasteiger partial charge in [-0.05, 0) is 69.9 Å². The molecule has 7 heteroatoms. The van der Waals surface area contributed by atoms with Crippen LogP contribution < -0.4 is 0 Å². The second kappa shape index (κ2) is 8.90. The molecule has 3 aromatic rings. The zero-order chi connectivity index (χ0) is 22.9. The number of pyridine rings is 1. The number of amides is 1. The summed E-state index contributed by atoms with van der Waals surface area (Å²) in [6, 6.07) is 8.42. The highest BCUT2D eigenvalue weighted by molar-refractivity contribution is 5.94. The van der Waals surface area contributed by atoms with E-state index in [2.05, 4.69) is 23.3 Å². The van der Waals surface area contributed by atoms with Gasteiger partial charge in [0.2, 0.25) is 0 Å². The lowest BCUT2D eigenvalue weighted by atomic mass is 10.00. The highest BCUT2D eigenvalue weighted by Crippen LogP contribution is 2.30. The van der Waals surface area contributed by atoms with Crippen LogP contribution in [0.25, 0.3) is 22.0 Å². The number of ether oxygens (including phenoxy) is 2. The van der Waals surface area contributed by atoms with E-state index >= 15 is 0 Å². The second-order valence-corrected chi connectivity index (χ2v) is 9.52. The predicted molar refractivity (Wildman–Crippen MR) is 124 cm³/mol. The molecule has 1 aromatic carbocycles. The number of hydrogen-bond acceptors (Lipinski definition) is 5. The van der Waals surface area contributed by atoms with Gasteiger partial charge in [-0.1, -0.05) is 6.07 Å². The van der Waals surface area contributed by atoms with Crippen molar-refractivity contribution in [2.75, 3.05) is 13.2 Å². The average Bonchev–Trinajstić information content (AvgIpc) is 3.17. The van der Waals surface area contributed by atoms with Gasteiger partial charge in [0.25, 0.3) is 0 Å². The minimum atomic E-state index is -0.543. The smallest absolute Gasteiger partial charge is 0.410 e. The summed E-state index contributed by atoms with van der Waals surface area (Å²) in [6.07, 6.45) is 5.23. The molecule has 1 aliphatic rings. The number of carbonyl (C=O) groups excluding carboxylic acids is 1. The highest BCUT2D eigenvalue weighted by atomic mass is 16.6. The zero-order valence-corrected chi connectivity index (χ0v) is 19.6. The zero-order valence-electron chi connectivity index (χ0n) is 19.6. The van der Waals surface area contributed by atoms with Gasteiger partial charge in [0, 0.05) is 55.7 Å². The Morgan fingerprint density at radius 3 is 2.66 bits per heavy atom. The van der Waals surface area contributed by atoms with E-state index in [1.165, 1.54) is 0 Å². The molecule has 4 rings (SSSR count). The summed E-state index contributed by atoms with van der Waals surface area (Å²) < 4.78 is 13.1. The Morgan fingerprint density at radius 2 is 2.00 bits per heavy atom. The van der Waals surface area contributed by atoms with E-state index in [9.17, 15) is 4.79 Å². The van der Waals surface area contributed by atoms with E-state index < -0.39 is 5.60 Å². The van der Waals surface area contributed by atoms with E-state index in [0.717, 1.165) is 46.1 Å². The molecule has 0 aliphatic carbocycles. The van der Waals surface area contributed by atoms with Crippen LogP contribution in [-0.4, -0.2) is 50.6 Å². The summed E-state index contributed by atoms with van der Waals surface area (Å²) in [5.41, 5.74) is 4.54. The van der Waals surface area contributed by atoms with Gasteiger partial charge in [0.05, 0.1) is 11.7 Å². The maximum absolute atomic E-state index is 13.1. The van der Waals surface area contributed by atoms with Crippen LogP contribution >= 0.6 is 0 Å². The Balaban J connectivity index is 1.70. The van der Waals surface area contributed by atoms with Crippen molar-refractivity contribution in [3.05, 3.63) is 47.9 Å². The predicted octanol–water partition coefficient (Wildman–Crippen LogP) is 4.86. The molecule has 0 spiro atoms. The van der Waals surface area contributed by atoms with Crippen molar-refractivity contribution in [1.82, 2.24) is 19.7 Å². The maximum Gasteiger partial charge on any atom is 0.410 e. The van der Waals surface area contributed by atoms with Crippen LogP contribution in [0.15, 0.2) is 36.7 Å². The van der Waals surface area contributed by atoms with Crippen LogP contribution in [0.3, 0.4) is 0 Å². The molecule has 0 radical (unpaired) electrons. The topological polar surface area (TPSA) is 69.5 Å². The van der Waals surface area contributed by atoms with Crippen molar-refractivity contribution in [2.45, 2.75) is 58.7 Å². The van der Waals surface area contributed by atoms with Gasteiger partial charge in [-0.25, -0.2) is 4.79 Å². The second-order valence-electron chi connectivity index (χ2n) is 9.52. The van der Waals surface area contributed by atoms with Gasteiger partial charge >= 0.3 is 6.09 Å². The third-order valence-corrected chi connectivity index (χ3v) is 5.63. The molecule has 170 valence electrons. The number of aromatic nitrogens is 3. The lowest BCUT2D eigenvalue weighted by molar-refractivity contribution is -0.00807. The lowest BCUT2D eigenvalue weighted by Crippen LogP contribution is -2.45. The van der Waals surface area contributed by atoms with Crippen molar-refractivity contribution in [2.24, 2.45) is 7.05 Å². The number of carbonyl (C=O) groups is 1. The molecule has 2 aromatic heterocycles. The monoisotopic (exact) mass is 436 g/mol. The third-order valence-electron chi connectivity index (χ3n) is 5.63. The minimum Gasteiger partial charge on any atom is -0.444 e. The first-order valence-electron chi connectivity index (χ1n) is 11.2. The van der Waals surface area contributed by atoms with Crippen LogP contribution in [0.1, 0.15) is 44.9 Å². The first kappa shape index (κ1) is 22.3. The molecule has 0 unspecified atom stereocenters. The average molecular weight is 437 g/mol. The molecule has 0 atom stereocenters. The molecule has 1 fully saturated rings. The Labute approximate surface area is 189 Å². The van der Waals surface area contributed by atoms with E-state index in [1.807, 2.05) is 58.1 Å². The molecule has 0 bridgehead atoms. The fourth-order valence-corrected chi connectivity index (χ4v) is 4.16. The standard InChI is InChI=1S/C25H32N4O3/c1-17-12-21(19-14-26-28(5)16-19)22-13-18(6-7-23(22)27-17)15-29(20-8-10-31-11-9-20)24(30)32-25(2,3)4/h6-7,12-14,16,20H,8-11,15H2,1-5H3. The van der Waals surface area contributed by atoms with Crippen LogP contribution in [0, 0.1) is 6.92 Å². The Kier molecular flexibility index (Phi) is 6.20. The van der Waals surface area contributed by atoms with Crippen molar-refractivity contribution in [3.63, 3.8) is 0 Å². The SMILES string of the molecule is Cc1cc(-c2cnn(C)c2)c2cc(CN(C(=O)OC(C)(C)C)C3CCOCC3)ccc2n1. The summed E-state index contributed by atoms with van der Waals surface area (Å²) in [4.78, 5) is 19.7. The number of benzene rings is 1. The molecule has 3 heterocycles. The van der Waals surface area contributed by atoms with Crippen molar-refractivity contribution in [1.29, 1.82) is 0 Å². The van der Waals surface area contributed by atoms with E-state index in [1.54, 1.807) is 4.68 Å². The highest BCUT2D eigenvalue weighted by Gasteiger charge is 2.30. The normalized spacial score (nSPS) is 15.2. The summed E-state index contributed by atoms with van der Waals surface area (Å²) >= 11 is 0. The largest absolute Gasteiger partial charge is 0.444 e. The molecule has 1 amide bonds. The summed E-state index contributed by atoms with van der Waals surface area (Å²) in [5, 5.41) is 5.39. The first-order valence-corrected chi connectivity index (χ1v) is 11.2. The third kappa shape index (κ3) is 5.10. The number of aryl methyl sites for hydroxylation is 2. The van der Waals surface area contributed by atoms with Gasteiger partial charge in [-0.2, -0.15) is 5.10 Å². The molecular formula is C25H32N4O3. The van der Waals surface area contributed by atoms with Gasteiger partial charge < -0.3 is 14.4 Å². The fraction of sp³-hybridized carbons (Fsp3) is 0.480. The molecule has 32 heavy (non-hydrogen) atoms. The van der Waals surface area contributed by atoms with E-state index in [4.69, 9.17) is 14.5 Å². The maximum atomic E-state index is 13.1. The van der Waals surface area contributed by atoms with Gasteiger partial charge in [-0.15, -0.1) is 0 Å². The van der Waals surface area contributed by atoms with Crippen LogP contribution in [-0.2, 0) is 23.1 Å². The summed E-state index contributed by atoms with van der Waals surface area (Å²) in [5.74, 6) is 0. The van der Waals surface area contributed by atoms with E-state index in [0.29, 0.717) is 19.8 Å². The van der Waals surface area contributed by atoms with Gasteiger partial charge in [0.15, 0.2) is 0 Å². The van der Waals surface area contributed by atoms with Crippen molar-refractivity contribution in [3.8, 4) is 11.1 Å². The molecule has 1 saturated heterocycles. The van der Waals surface area contributed by atoms with Crippen molar-refractivity contribution >= 4 is 17.0 Å². The number of rotatable bonds is 4. The van der Waals surface area contributed by atoms with Crippen LogP contribution in [0.5, 0.6) is 0 Å². The summed E-state index contributed by atoms with van der Waals surface area (Å²) in [7, 11) is 1.91. The van der Waals surface area contributed by atoms with Gasteiger partial charge in [0.1, 0.15) is 5.60 Å². The lowest BCUT2D eigenvalue weighted by Gasteiger charge is -2.35. The van der Waals surface area contributed by atoms with E-state index in [-0.39, 0.29) is 12.1 Å². The minimum absolute atomic E-state index is 0.100. The number of fused-ring (bicyclic) bond motifs is 1. The Hall–Kier alpha value is -2.93. The Bertz CT molecular complexity index is 1110. The first-order chi connectivity index (χ1) is 15.2. The summed E-state index contributed by atoms with van der Waals surface area (Å²) in [6.45, 7) is 9.51. The number of hydrogen-bond donors (Lipinski definition) is 0. The van der Waals surface area contributed by atoms with Crippen LogP contribution in [0.2, 0.25) is 0 Å². The fourth-order valence-electron chi connectivity index (χ4n) is 4.16. The quantitative estimate of drug-likeness (QED) is 0.584. The molecule has 1 aliphatic heterocycles.